The van der Waals surface area contributed by atoms with Gasteiger partial charge in [0.15, 0.2) is 5.78 Å². The van der Waals surface area contributed by atoms with Crippen LogP contribution in [0.1, 0.15) is 54.4 Å². The van der Waals surface area contributed by atoms with Crippen LogP contribution in [-0.4, -0.2) is 42.3 Å². The lowest BCUT2D eigenvalue weighted by atomic mass is 9.89. The summed E-state index contributed by atoms with van der Waals surface area (Å²) in [4.78, 5) is 25.8. The van der Waals surface area contributed by atoms with E-state index in [1.165, 1.54) is 18.4 Å². The fourth-order valence-corrected chi connectivity index (χ4v) is 3.12. The number of rotatable bonds is 5. The third-order valence-electron chi connectivity index (χ3n) is 4.66. The van der Waals surface area contributed by atoms with E-state index in [0.29, 0.717) is 18.5 Å². The highest BCUT2D eigenvalue weighted by molar-refractivity contribution is 5.94. The fourth-order valence-electron chi connectivity index (χ4n) is 3.12. The van der Waals surface area contributed by atoms with Gasteiger partial charge in [-0.25, -0.2) is 0 Å². The molecule has 1 amide bonds. The molecule has 1 atom stereocenters. The van der Waals surface area contributed by atoms with Crippen LogP contribution in [0, 0.1) is 0 Å². The summed E-state index contributed by atoms with van der Waals surface area (Å²) < 4.78 is 0. The molecule has 1 aromatic carbocycles. The van der Waals surface area contributed by atoms with E-state index in [1.807, 2.05) is 23.1 Å². The van der Waals surface area contributed by atoms with Gasteiger partial charge in [0.25, 0.3) is 0 Å². The molecule has 4 heteroatoms. The molecule has 1 aliphatic carbocycles. The van der Waals surface area contributed by atoms with Crippen molar-refractivity contribution in [3.8, 4) is 0 Å². The van der Waals surface area contributed by atoms with Crippen LogP contribution >= 0.6 is 0 Å². The van der Waals surface area contributed by atoms with E-state index in [9.17, 15) is 9.59 Å². The van der Waals surface area contributed by atoms with E-state index >= 15 is 0 Å². The predicted molar refractivity (Wildman–Crippen MR) is 86.0 cm³/mol. The Hall–Kier alpha value is -1.68. The van der Waals surface area contributed by atoms with Crippen molar-refractivity contribution in [2.75, 3.05) is 19.6 Å². The summed E-state index contributed by atoms with van der Waals surface area (Å²) in [5.74, 6) is 0.650. The third-order valence-corrected chi connectivity index (χ3v) is 4.66. The summed E-state index contributed by atoms with van der Waals surface area (Å²) in [7, 11) is 0. The second-order valence-corrected chi connectivity index (χ2v) is 6.52. The molecular formula is C18H24N2O2. The number of piperidine rings is 1. The number of amides is 1. The fraction of sp³-hybridized carbons (Fsp3) is 0.556. The molecule has 1 aliphatic heterocycles. The van der Waals surface area contributed by atoms with Crippen molar-refractivity contribution >= 4 is 11.7 Å². The summed E-state index contributed by atoms with van der Waals surface area (Å²) in [5.41, 5.74) is 1.94. The molecule has 3 rings (SSSR count). The highest BCUT2D eigenvalue weighted by atomic mass is 16.2. The highest BCUT2D eigenvalue weighted by Gasteiger charge is 2.27. The van der Waals surface area contributed by atoms with Gasteiger partial charge in [0.05, 0.1) is 6.54 Å². The molecule has 1 saturated heterocycles. The van der Waals surface area contributed by atoms with Crippen molar-refractivity contribution in [3.05, 3.63) is 35.4 Å². The van der Waals surface area contributed by atoms with Crippen LogP contribution in [0.2, 0.25) is 0 Å². The number of ketones is 1. The smallest absolute Gasteiger partial charge is 0.236 e. The number of benzene rings is 1. The van der Waals surface area contributed by atoms with Gasteiger partial charge in [-0.05, 0) is 44.2 Å². The van der Waals surface area contributed by atoms with Crippen molar-refractivity contribution in [2.45, 2.75) is 44.6 Å². The van der Waals surface area contributed by atoms with Crippen LogP contribution in [0.5, 0.6) is 0 Å². The second kappa shape index (κ2) is 6.61. The first kappa shape index (κ1) is 15.2. The second-order valence-electron chi connectivity index (χ2n) is 6.52. The number of nitrogens with one attached hydrogen (secondary N) is 1. The topological polar surface area (TPSA) is 49.4 Å². The summed E-state index contributed by atoms with van der Waals surface area (Å²) in [5, 5.41) is 3.30. The van der Waals surface area contributed by atoms with Crippen molar-refractivity contribution in [1.82, 2.24) is 10.2 Å². The maximum Gasteiger partial charge on any atom is 0.236 e. The van der Waals surface area contributed by atoms with Crippen LogP contribution in [-0.2, 0) is 4.79 Å². The minimum absolute atomic E-state index is 0.0965. The molecule has 1 heterocycles. The summed E-state index contributed by atoms with van der Waals surface area (Å²) in [6.45, 7) is 3.69. The van der Waals surface area contributed by atoms with E-state index in [-0.39, 0.29) is 11.7 Å². The largest absolute Gasteiger partial charge is 0.341 e. The maximum atomic E-state index is 12.3. The van der Waals surface area contributed by atoms with Gasteiger partial charge in [-0.3, -0.25) is 9.59 Å². The minimum atomic E-state index is 0.0965. The van der Waals surface area contributed by atoms with Crippen LogP contribution < -0.4 is 5.32 Å². The zero-order valence-electron chi connectivity index (χ0n) is 13.2. The number of carbonyl (C=O) groups excluding carboxylic acids is 2. The van der Waals surface area contributed by atoms with E-state index in [4.69, 9.17) is 0 Å². The highest BCUT2D eigenvalue weighted by Crippen LogP contribution is 2.27. The Morgan fingerprint density at radius 3 is 2.82 bits per heavy atom. The zero-order chi connectivity index (χ0) is 15.5. The molecule has 22 heavy (non-hydrogen) atoms. The first-order valence-electron chi connectivity index (χ1n) is 8.25. The Bertz CT molecular complexity index is 566. The lowest BCUT2D eigenvalue weighted by Crippen LogP contribution is -2.43. The Balaban J connectivity index is 1.63. The van der Waals surface area contributed by atoms with Crippen molar-refractivity contribution in [3.63, 3.8) is 0 Å². The van der Waals surface area contributed by atoms with Crippen molar-refractivity contribution in [2.24, 2.45) is 0 Å². The SMILES string of the molecule is CC(=O)c1cccc([C@@H]2CCCN(C(=O)CNC3CC3)C2)c1. The third kappa shape index (κ3) is 3.74. The van der Waals surface area contributed by atoms with E-state index in [2.05, 4.69) is 11.4 Å². The molecule has 118 valence electrons. The summed E-state index contributed by atoms with van der Waals surface area (Å²) in [6.07, 6.45) is 4.52. The lowest BCUT2D eigenvalue weighted by molar-refractivity contribution is -0.131. The lowest BCUT2D eigenvalue weighted by Gasteiger charge is -2.33. The maximum absolute atomic E-state index is 12.3. The summed E-state index contributed by atoms with van der Waals surface area (Å²) in [6, 6.07) is 8.44. The molecule has 2 aliphatic rings. The van der Waals surface area contributed by atoms with Gasteiger partial charge in [-0.2, -0.15) is 0 Å². The number of hydrogen-bond acceptors (Lipinski definition) is 3. The predicted octanol–water partition coefficient (Wildman–Crippen LogP) is 2.35. The standard InChI is InChI=1S/C18H24N2O2/c1-13(21)14-4-2-5-15(10-14)16-6-3-9-20(12-16)18(22)11-19-17-7-8-17/h2,4-5,10,16-17,19H,3,6-9,11-12H2,1H3/t16-/m1/s1. The zero-order valence-corrected chi connectivity index (χ0v) is 13.2. The molecular weight excluding hydrogens is 276 g/mol. The first-order chi connectivity index (χ1) is 10.6. The molecule has 1 saturated carbocycles. The molecule has 0 spiro atoms. The minimum Gasteiger partial charge on any atom is -0.341 e. The summed E-state index contributed by atoms with van der Waals surface area (Å²) >= 11 is 0. The average molecular weight is 300 g/mol. The van der Waals surface area contributed by atoms with Crippen molar-refractivity contribution in [1.29, 1.82) is 0 Å². The van der Waals surface area contributed by atoms with E-state index < -0.39 is 0 Å². The van der Waals surface area contributed by atoms with Crippen LogP contribution in [0.15, 0.2) is 24.3 Å². The number of Topliss-reactive ketones (excluding diaryl/α,β-unsaturated/α-hetero) is 1. The number of nitrogens with zero attached hydrogens (tertiary/aromatic N) is 1. The van der Waals surface area contributed by atoms with E-state index in [0.717, 1.165) is 31.5 Å². The Morgan fingerprint density at radius 1 is 1.27 bits per heavy atom. The first-order valence-corrected chi connectivity index (χ1v) is 8.25. The molecule has 1 N–H and O–H groups in total. The molecule has 0 radical (unpaired) electrons. The van der Waals surface area contributed by atoms with Gasteiger partial charge in [-0.1, -0.05) is 18.2 Å². The average Bonchev–Trinajstić information content (AvgIpc) is 3.37. The number of likely N-dealkylation sites (tertiary alicyclic amines) is 1. The van der Waals surface area contributed by atoms with Gasteiger partial charge in [0.2, 0.25) is 5.91 Å². The van der Waals surface area contributed by atoms with Gasteiger partial charge in [0, 0.05) is 30.6 Å². The van der Waals surface area contributed by atoms with E-state index in [1.54, 1.807) is 6.92 Å². The van der Waals surface area contributed by atoms with Gasteiger partial charge < -0.3 is 10.2 Å². The molecule has 0 aromatic heterocycles. The molecule has 4 nitrogen and oxygen atoms in total. The van der Waals surface area contributed by atoms with Crippen LogP contribution in [0.25, 0.3) is 0 Å². The van der Waals surface area contributed by atoms with Crippen molar-refractivity contribution < 1.29 is 9.59 Å². The molecule has 0 bridgehead atoms. The molecule has 0 unspecified atom stereocenters. The Labute approximate surface area is 131 Å². The van der Waals surface area contributed by atoms with Gasteiger partial charge in [0.1, 0.15) is 0 Å². The molecule has 1 aromatic rings. The monoisotopic (exact) mass is 300 g/mol. The normalized spacial score (nSPS) is 21.7. The van der Waals surface area contributed by atoms with Crippen LogP contribution in [0.3, 0.4) is 0 Å². The van der Waals surface area contributed by atoms with Crippen LogP contribution in [0.4, 0.5) is 0 Å². The van der Waals surface area contributed by atoms with Gasteiger partial charge >= 0.3 is 0 Å². The Morgan fingerprint density at radius 2 is 2.09 bits per heavy atom. The number of hydrogen-bond donors (Lipinski definition) is 1. The Kier molecular flexibility index (Phi) is 4.57. The number of carbonyl (C=O) groups is 2. The quantitative estimate of drug-likeness (QED) is 0.849. The van der Waals surface area contributed by atoms with Gasteiger partial charge in [-0.15, -0.1) is 0 Å². The molecule has 2 fully saturated rings.